The molecule has 114 valence electrons. The molecular weight excluding hydrogens is 311 g/mol. The normalized spacial score (nSPS) is 11.0. The van der Waals surface area contributed by atoms with Gasteiger partial charge in [-0.05, 0) is 29.1 Å². The van der Waals surface area contributed by atoms with E-state index in [1.165, 1.54) is 12.1 Å². The van der Waals surface area contributed by atoms with Crippen LogP contribution in [0.2, 0.25) is 0 Å². The van der Waals surface area contributed by atoms with Crippen molar-refractivity contribution in [3.8, 4) is 10.6 Å². The van der Waals surface area contributed by atoms with Crippen molar-refractivity contribution in [1.82, 2.24) is 14.4 Å². The molecule has 6 heteroatoms. The Morgan fingerprint density at radius 1 is 1.13 bits per heavy atom. The molecule has 23 heavy (non-hydrogen) atoms. The third-order valence-electron chi connectivity index (χ3n) is 3.57. The fourth-order valence-electron chi connectivity index (χ4n) is 2.44. The summed E-state index contributed by atoms with van der Waals surface area (Å²) in [7, 11) is 0. The number of halogens is 1. The zero-order chi connectivity index (χ0) is 15.6. The molecule has 0 atom stereocenters. The van der Waals surface area contributed by atoms with Gasteiger partial charge in [-0.25, -0.2) is 14.4 Å². The molecule has 0 aliphatic rings. The molecule has 0 amide bonds. The van der Waals surface area contributed by atoms with E-state index in [9.17, 15) is 4.39 Å². The van der Waals surface area contributed by atoms with Crippen molar-refractivity contribution in [3.63, 3.8) is 0 Å². The van der Waals surface area contributed by atoms with E-state index >= 15 is 0 Å². The van der Waals surface area contributed by atoms with Crippen LogP contribution < -0.4 is 5.32 Å². The van der Waals surface area contributed by atoms with Crippen molar-refractivity contribution in [2.45, 2.75) is 6.54 Å². The zero-order valence-corrected chi connectivity index (χ0v) is 12.9. The SMILES string of the molecule is Fc1ccc(CNc2nccn3c(-c4cccs4)cnc23)cc1. The molecule has 0 radical (unpaired) electrons. The molecule has 4 aromatic rings. The van der Waals surface area contributed by atoms with Crippen LogP contribution in [0.15, 0.2) is 60.4 Å². The van der Waals surface area contributed by atoms with Crippen LogP contribution in [0.25, 0.3) is 16.2 Å². The standard InChI is InChI=1S/C17H13FN4S/c18-13-5-3-12(4-6-13)10-20-16-17-21-11-14(15-2-1-9-23-15)22(17)8-7-19-16/h1-9,11H,10H2,(H,19,20). The van der Waals surface area contributed by atoms with Gasteiger partial charge < -0.3 is 5.32 Å². The molecular formula is C17H13FN4S. The van der Waals surface area contributed by atoms with E-state index in [-0.39, 0.29) is 5.82 Å². The van der Waals surface area contributed by atoms with Gasteiger partial charge in [0.05, 0.1) is 16.8 Å². The first-order chi connectivity index (χ1) is 11.3. The summed E-state index contributed by atoms with van der Waals surface area (Å²) in [5.41, 5.74) is 2.81. The highest BCUT2D eigenvalue weighted by molar-refractivity contribution is 7.13. The number of hydrogen-bond donors (Lipinski definition) is 1. The zero-order valence-electron chi connectivity index (χ0n) is 12.1. The maximum atomic E-state index is 13.0. The first-order valence-electron chi connectivity index (χ1n) is 7.15. The Hall–Kier alpha value is -2.73. The summed E-state index contributed by atoms with van der Waals surface area (Å²) in [6.45, 7) is 0.564. The second kappa shape index (κ2) is 5.81. The highest BCUT2D eigenvalue weighted by Gasteiger charge is 2.10. The Morgan fingerprint density at radius 2 is 2.00 bits per heavy atom. The van der Waals surface area contributed by atoms with Crippen molar-refractivity contribution in [2.75, 3.05) is 5.32 Å². The van der Waals surface area contributed by atoms with Crippen molar-refractivity contribution < 1.29 is 4.39 Å². The number of nitrogens with zero attached hydrogens (tertiary/aromatic N) is 3. The first-order valence-corrected chi connectivity index (χ1v) is 8.03. The lowest BCUT2D eigenvalue weighted by atomic mass is 10.2. The van der Waals surface area contributed by atoms with Crippen molar-refractivity contribution in [2.24, 2.45) is 0 Å². The van der Waals surface area contributed by atoms with E-state index < -0.39 is 0 Å². The van der Waals surface area contributed by atoms with Gasteiger partial charge in [0.2, 0.25) is 0 Å². The van der Waals surface area contributed by atoms with Crippen LogP contribution in [-0.2, 0) is 6.54 Å². The predicted molar refractivity (Wildman–Crippen MR) is 90.0 cm³/mol. The van der Waals surface area contributed by atoms with Crippen LogP contribution in [0, 0.1) is 5.82 Å². The monoisotopic (exact) mass is 324 g/mol. The Bertz CT molecular complexity index is 929. The summed E-state index contributed by atoms with van der Waals surface area (Å²) in [5.74, 6) is 0.474. The number of imidazole rings is 1. The smallest absolute Gasteiger partial charge is 0.180 e. The van der Waals surface area contributed by atoms with Crippen molar-refractivity contribution in [1.29, 1.82) is 0 Å². The summed E-state index contributed by atoms with van der Waals surface area (Å²) in [6, 6.07) is 10.5. The quantitative estimate of drug-likeness (QED) is 0.611. The van der Waals surface area contributed by atoms with Crippen LogP contribution in [0.1, 0.15) is 5.56 Å². The summed E-state index contributed by atoms with van der Waals surface area (Å²) in [5, 5.41) is 5.31. The molecule has 3 aromatic heterocycles. The predicted octanol–water partition coefficient (Wildman–Crippen LogP) is 4.21. The summed E-state index contributed by atoms with van der Waals surface area (Å²) >= 11 is 1.68. The van der Waals surface area contributed by atoms with Gasteiger partial charge in [0, 0.05) is 18.9 Å². The average molecular weight is 324 g/mol. The fraction of sp³-hybridized carbons (Fsp3) is 0.0588. The van der Waals surface area contributed by atoms with Gasteiger partial charge in [-0.15, -0.1) is 11.3 Å². The Labute approximate surface area is 136 Å². The van der Waals surface area contributed by atoms with Crippen LogP contribution >= 0.6 is 11.3 Å². The molecule has 1 N–H and O–H groups in total. The molecule has 0 saturated heterocycles. The second-order valence-electron chi connectivity index (χ2n) is 5.07. The molecule has 0 aliphatic heterocycles. The van der Waals surface area contributed by atoms with Gasteiger partial charge in [0.25, 0.3) is 0 Å². The highest BCUT2D eigenvalue weighted by Crippen LogP contribution is 2.27. The largest absolute Gasteiger partial charge is 0.363 e. The fourth-order valence-corrected chi connectivity index (χ4v) is 3.17. The second-order valence-corrected chi connectivity index (χ2v) is 6.02. The molecule has 0 aliphatic carbocycles. The van der Waals surface area contributed by atoms with Gasteiger partial charge in [-0.2, -0.15) is 0 Å². The summed E-state index contributed by atoms with van der Waals surface area (Å²) in [4.78, 5) is 10.0. The number of nitrogens with one attached hydrogen (secondary N) is 1. The van der Waals surface area contributed by atoms with Gasteiger partial charge in [-0.1, -0.05) is 18.2 Å². The van der Waals surface area contributed by atoms with Gasteiger partial charge in [0.1, 0.15) is 5.82 Å². The van der Waals surface area contributed by atoms with E-state index in [0.717, 1.165) is 21.8 Å². The average Bonchev–Trinajstić information content (AvgIpc) is 3.23. The lowest BCUT2D eigenvalue weighted by molar-refractivity contribution is 0.627. The molecule has 0 fully saturated rings. The Morgan fingerprint density at radius 3 is 2.78 bits per heavy atom. The maximum Gasteiger partial charge on any atom is 0.180 e. The van der Waals surface area contributed by atoms with Crippen LogP contribution in [-0.4, -0.2) is 14.4 Å². The Kier molecular flexibility index (Phi) is 3.51. The topological polar surface area (TPSA) is 42.2 Å². The minimum Gasteiger partial charge on any atom is -0.363 e. The molecule has 4 nitrogen and oxygen atoms in total. The van der Waals surface area contributed by atoms with Crippen LogP contribution in [0.5, 0.6) is 0 Å². The first kappa shape index (κ1) is 13.9. The number of benzene rings is 1. The molecule has 0 saturated carbocycles. The van der Waals surface area contributed by atoms with E-state index in [0.29, 0.717) is 12.4 Å². The van der Waals surface area contributed by atoms with Crippen molar-refractivity contribution in [3.05, 3.63) is 71.7 Å². The summed E-state index contributed by atoms with van der Waals surface area (Å²) < 4.78 is 15.0. The molecule has 4 rings (SSSR count). The van der Waals surface area contributed by atoms with Crippen molar-refractivity contribution >= 4 is 22.8 Å². The molecule has 0 bridgehead atoms. The van der Waals surface area contributed by atoms with Gasteiger partial charge >= 0.3 is 0 Å². The minimum atomic E-state index is -0.233. The van der Waals surface area contributed by atoms with Crippen LogP contribution in [0.3, 0.4) is 0 Å². The van der Waals surface area contributed by atoms with Crippen LogP contribution in [0.4, 0.5) is 10.2 Å². The lowest BCUT2D eigenvalue weighted by Gasteiger charge is -2.07. The lowest BCUT2D eigenvalue weighted by Crippen LogP contribution is -2.03. The number of aromatic nitrogens is 3. The molecule has 3 heterocycles. The third kappa shape index (κ3) is 2.68. The number of hydrogen-bond acceptors (Lipinski definition) is 4. The maximum absolute atomic E-state index is 13.0. The highest BCUT2D eigenvalue weighted by atomic mass is 32.1. The molecule has 0 unspecified atom stereocenters. The van der Waals surface area contributed by atoms with E-state index in [2.05, 4.69) is 21.4 Å². The van der Waals surface area contributed by atoms with E-state index in [1.54, 1.807) is 29.7 Å². The van der Waals surface area contributed by atoms with E-state index in [4.69, 9.17) is 0 Å². The number of rotatable bonds is 4. The third-order valence-corrected chi connectivity index (χ3v) is 4.47. The molecule has 1 aromatic carbocycles. The number of thiophene rings is 1. The van der Waals surface area contributed by atoms with Gasteiger partial charge in [0.15, 0.2) is 11.5 Å². The van der Waals surface area contributed by atoms with Gasteiger partial charge in [-0.3, -0.25) is 4.40 Å². The number of fused-ring (bicyclic) bond motifs is 1. The minimum absolute atomic E-state index is 0.233. The Balaban J connectivity index is 1.64. The van der Waals surface area contributed by atoms with E-state index in [1.807, 2.05) is 28.2 Å². The summed E-state index contributed by atoms with van der Waals surface area (Å²) in [6.07, 6.45) is 5.51. The number of anilines is 1. The molecule has 0 spiro atoms.